The van der Waals surface area contributed by atoms with Gasteiger partial charge in [0.25, 0.3) is 10.0 Å². The molecule has 5 rings (SSSR count). The standard InChI is InChI=1S/C31H38N6O4S/c38-30(26-8-3-18-32-21-26)22-33-19-17-25-9-11-27(12-10-25)35-42(40,41)29-15-13-28(14-16-29)37-31(39)36(23-34-37)20-4-7-24-5-1-2-6-24/h3,8-16,18,21,23-24,30,33,35,38H,1-2,4-7,17,19-20,22H2. The third kappa shape index (κ3) is 7.72. The number of pyridine rings is 1. The maximum Gasteiger partial charge on any atom is 0.350 e. The maximum atomic E-state index is 13.0. The summed E-state index contributed by atoms with van der Waals surface area (Å²) in [5, 5.41) is 17.7. The van der Waals surface area contributed by atoms with Crippen molar-refractivity contribution in [2.45, 2.75) is 62.5 Å². The highest BCUT2D eigenvalue weighted by Crippen LogP contribution is 2.28. The summed E-state index contributed by atoms with van der Waals surface area (Å²) in [4.78, 5) is 16.9. The first-order valence-electron chi connectivity index (χ1n) is 14.5. The van der Waals surface area contributed by atoms with Gasteiger partial charge in [-0.2, -0.15) is 9.78 Å². The van der Waals surface area contributed by atoms with E-state index in [0.717, 1.165) is 36.3 Å². The van der Waals surface area contributed by atoms with Crippen molar-refractivity contribution in [3.05, 3.63) is 101 Å². The van der Waals surface area contributed by atoms with Gasteiger partial charge in [0.05, 0.1) is 16.7 Å². The third-order valence-electron chi connectivity index (χ3n) is 7.81. The van der Waals surface area contributed by atoms with Crippen molar-refractivity contribution in [1.29, 1.82) is 0 Å². The second-order valence-corrected chi connectivity index (χ2v) is 12.5. The lowest BCUT2D eigenvalue weighted by atomic mass is 10.0. The molecule has 0 spiro atoms. The maximum absolute atomic E-state index is 13.0. The van der Waals surface area contributed by atoms with Crippen LogP contribution < -0.4 is 15.7 Å². The molecule has 1 atom stereocenters. The Hall–Kier alpha value is -3.80. The molecule has 1 saturated carbocycles. The minimum Gasteiger partial charge on any atom is -0.387 e. The van der Waals surface area contributed by atoms with Gasteiger partial charge in [-0.1, -0.05) is 43.9 Å². The van der Waals surface area contributed by atoms with Crippen molar-refractivity contribution < 1.29 is 13.5 Å². The lowest BCUT2D eigenvalue weighted by molar-refractivity contribution is 0.174. The van der Waals surface area contributed by atoms with Gasteiger partial charge < -0.3 is 10.4 Å². The van der Waals surface area contributed by atoms with Crippen LogP contribution in [0.5, 0.6) is 0 Å². The highest BCUT2D eigenvalue weighted by molar-refractivity contribution is 7.92. The molecule has 3 N–H and O–H groups in total. The van der Waals surface area contributed by atoms with E-state index in [-0.39, 0.29) is 10.6 Å². The largest absolute Gasteiger partial charge is 0.387 e. The zero-order valence-corrected chi connectivity index (χ0v) is 24.4. The number of aliphatic hydroxyl groups excluding tert-OH is 1. The van der Waals surface area contributed by atoms with E-state index >= 15 is 0 Å². The molecular weight excluding hydrogens is 552 g/mol. The Labute approximate surface area is 246 Å². The van der Waals surface area contributed by atoms with Crippen LogP contribution in [0.2, 0.25) is 0 Å². The Bertz CT molecular complexity index is 1580. The fourth-order valence-corrected chi connectivity index (χ4v) is 6.46. The van der Waals surface area contributed by atoms with E-state index in [2.05, 4.69) is 20.1 Å². The average molecular weight is 591 g/mol. The molecule has 1 aliphatic carbocycles. The molecule has 0 aliphatic heterocycles. The van der Waals surface area contributed by atoms with E-state index in [0.29, 0.717) is 31.0 Å². The summed E-state index contributed by atoms with van der Waals surface area (Å²) in [7, 11) is -3.82. The lowest BCUT2D eigenvalue weighted by Gasteiger charge is -2.12. The van der Waals surface area contributed by atoms with Crippen LogP contribution in [0.1, 0.15) is 55.8 Å². The van der Waals surface area contributed by atoms with Crippen LogP contribution in [0, 0.1) is 5.92 Å². The van der Waals surface area contributed by atoms with Crippen molar-refractivity contribution in [1.82, 2.24) is 24.6 Å². The van der Waals surface area contributed by atoms with Crippen molar-refractivity contribution in [3.63, 3.8) is 0 Å². The molecule has 0 amide bonds. The molecule has 0 bridgehead atoms. The number of nitrogens with zero attached hydrogens (tertiary/aromatic N) is 4. The second kappa shape index (κ2) is 13.9. The Kier molecular flexibility index (Phi) is 9.83. The number of aryl methyl sites for hydroxylation is 1. The summed E-state index contributed by atoms with van der Waals surface area (Å²) in [6, 6.07) is 17.0. The summed E-state index contributed by atoms with van der Waals surface area (Å²) in [5.41, 5.74) is 2.54. The van der Waals surface area contributed by atoms with Gasteiger partial charge in [0.2, 0.25) is 0 Å². The number of rotatable bonds is 14. The lowest BCUT2D eigenvalue weighted by Crippen LogP contribution is -2.24. The van der Waals surface area contributed by atoms with Crippen LogP contribution in [-0.2, 0) is 23.0 Å². The number of aliphatic hydroxyl groups is 1. The first-order valence-corrected chi connectivity index (χ1v) is 16.0. The van der Waals surface area contributed by atoms with Gasteiger partial charge in [0, 0.05) is 36.7 Å². The molecule has 0 saturated heterocycles. The Morgan fingerprint density at radius 2 is 1.79 bits per heavy atom. The van der Waals surface area contributed by atoms with Crippen molar-refractivity contribution in [2.24, 2.45) is 5.92 Å². The number of benzene rings is 2. The average Bonchev–Trinajstić information content (AvgIpc) is 3.66. The highest BCUT2D eigenvalue weighted by Gasteiger charge is 2.17. The zero-order chi connectivity index (χ0) is 29.4. The Morgan fingerprint density at radius 1 is 1.02 bits per heavy atom. The van der Waals surface area contributed by atoms with Gasteiger partial charge in [-0.25, -0.2) is 13.2 Å². The molecule has 2 aromatic carbocycles. The highest BCUT2D eigenvalue weighted by atomic mass is 32.2. The van der Waals surface area contributed by atoms with E-state index in [9.17, 15) is 18.3 Å². The smallest absolute Gasteiger partial charge is 0.350 e. The van der Waals surface area contributed by atoms with E-state index in [4.69, 9.17) is 0 Å². The molecule has 1 fully saturated rings. The van der Waals surface area contributed by atoms with Crippen LogP contribution in [0.3, 0.4) is 0 Å². The fourth-order valence-electron chi connectivity index (χ4n) is 5.40. The SMILES string of the molecule is O=c1n(CCCC2CCCC2)cnn1-c1ccc(S(=O)(=O)Nc2ccc(CCNCC(O)c3cccnc3)cc2)cc1. The monoisotopic (exact) mass is 590 g/mol. The molecule has 1 unspecified atom stereocenters. The predicted molar refractivity (Wildman–Crippen MR) is 162 cm³/mol. The van der Waals surface area contributed by atoms with E-state index < -0.39 is 16.1 Å². The van der Waals surface area contributed by atoms with E-state index in [1.54, 1.807) is 53.6 Å². The molecule has 4 aromatic rings. The van der Waals surface area contributed by atoms with Gasteiger partial charge in [0.15, 0.2) is 0 Å². The topological polar surface area (TPSA) is 131 Å². The van der Waals surface area contributed by atoms with Gasteiger partial charge >= 0.3 is 5.69 Å². The minimum atomic E-state index is -3.82. The number of hydrogen-bond acceptors (Lipinski definition) is 7. The third-order valence-corrected chi connectivity index (χ3v) is 9.21. The van der Waals surface area contributed by atoms with E-state index in [1.165, 1.54) is 42.5 Å². The first-order chi connectivity index (χ1) is 20.4. The number of anilines is 1. The summed E-state index contributed by atoms with van der Waals surface area (Å²) >= 11 is 0. The molecule has 222 valence electrons. The number of sulfonamides is 1. The van der Waals surface area contributed by atoms with Crippen LogP contribution in [0.25, 0.3) is 5.69 Å². The molecule has 2 aromatic heterocycles. The van der Waals surface area contributed by atoms with Crippen LogP contribution in [0.4, 0.5) is 5.69 Å². The summed E-state index contributed by atoms with van der Waals surface area (Å²) in [6.45, 7) is 1.71. The summed E-state index contributed by atoms with van der Waals surface area (Å²) in [5.74, 6) is 0.781. The molecule has 42 heavy (non-hydrogen) atoms. The Balaban J connectivity index is 1.11. The van der Waals surface area contributed by atoms with Gasteiger partial charge in [0.1, 0.15) is 6.33 Å². The fraction of sp³-hybridized carbons (Fsp3) is 0.387. The molecule has 1 aliphatic rings. The van der Waals surface area contributed by atoms with Crippen molar-refractivity contribution in [2.75, 3.05) is 17.8 Å². The molecular formula is C31H38N6O4S. The number of aromatic nitrogens is 4. The van der Waals surface area contributed by atoms with Gasteiger partial charge in [-0.15, -0.1) is 0 Å². The molecule has 0 radical (unpaired) electrons. The number of nitrogens with one attached hydrogen (secondary N) is 2. The van der Waals surface area contributed by atoms with Gasteiger partial charge in [-0.3, -0.25) is 14.3 Å². The van der Waals surface area contributed by atoms with Crippen molar-refractivity contribution in [3.8, 4) is 5.69 Å². The van der Waals surface area contributed by atoms with Gasteiger partial charge in [-0.05, 0) is 79.8 Å². The van der Waals surface area contributed by atoms with Crippen LogP contribution in [0.15, 0.2) is 89.1 Å². The van der Waals surface area contributed by atoms with Crippen LogP contribution >= 0.6 is 0 Å². The first kappa shape index (κ1) is 29.7. The predicted octanol–water partition coefficient (Wildman–Crippen LogP) is 4.07. The number of hydrogen-bond donors (Lipinski definition) is 3. The molecule has 2 heterocycles. The van der Waals surface area contributed by atoms with Crippen molar-refractivity contribution >= 4 is 15.7 Å². The second-order valence-electron chi connectivity index (χ2n) is 10.9. The molecule has 11 heteroatoms. The quantitative estimate of drug-likeness (QED) is 0.189. The normalized spacial score (nSPS) is 14.7. The zero-order valence-electron chi connectivity index (χ0n) is 23.6. The summed E-state index contributed by atoms with van der Waals surface area (Å²) in [6.07, 6.45) is 12.3. The van der Waals surface area contributed by atoms with Crippen LogP contribution in [-0.4, -0.2) is 45.9 Å². The minimum absolute atomic E-state index is 0.0933. The summed E-state index contributed by atoms with van der Waals surface area (Å²) < 4.78 is 31.5. The Morgan fingerprint density at radius 3 is 2.50 bits per heavy atom. The molecule has 10 nitrogen and oxygen atoms in total. The van der Waals surface area contributed by atoms with E-state index in [1.807, 2.05) is 18.2 Å².